The van der Waals surface area contributed by atoms with Gasteiger partial charge in [-0.15, -0.1) is 0 Å². The van der Waals surface area contributed by atoms with Crippen molar-refractivity contribution in [1.82, 2.24) is 0 Å². The molecule has 0 amide bonds. The van der Waals surface area contributed by atoms with E-state index in [2.05, 4.69) is 62.4 Å². The molecule has 19 heavy (non-hydrogen) atoms. The van der Waals surface area contributed by atoms with Crippen molar-refractivity contribution in [3.05, 3.63) is 60.2 Å². The van der Waals surface area contributed by atoms with Gasteiger partial charge in [0.25, 0.3) is 0 Å². The second-order valence-corrected chi connectivity index (χ2v) is 5.57. The SMILES string of the molecule is CC(C)CC[C@H](N)c1ccc(-c2ccccc2)cc1. The Labute approximate surface area is 116 Å². The van der Waals surface area contributed by atoms with Gasteiger partial charge in [0.15, 0.2) is 0 Å². The molecule has 0 unspecified atom stereocenters. The molecule has 1 nitrogen and oxygen atoms in total. The van der Waals surface area contributed by atoms with Crippen LogP contribution in [0.5, 0.6) is 0 Å². The number of hydrogen-bond donors (Lipinski definition) is 1. The molecular formula is C18H23N. The zero-order valence-corrected chi connectivity index (χ0v) is 11.8. The van der Waals surface area contributed by atoms with Crippen LogP contribution in [-0.4, -0.2) is 0 Å². The maximum atomic E-state index is 6.23. The summed E-state index contributed by atoms with van der Waals surface area (Å²) in [6, 6.07) is 19.3. The van der Waals surface area contributed by atoms with E-state index >= 15 is 0 Å². The van der Waals surface area contributed by atoms with Crippen molar-refractivity contribution in [3.63, 3.8) is 0 Å². The average molecular weight is 253 g/mol. The van der Waals surface area contributed by atoms with E-state index in [9.17, 15) is 0 Å². The van der Waals surface area contributed by atoms with Crippen molar-refractivity contribution in [3.8, 4) is 11.1 Å². The smallest absolute Gasteiger partial charge is 0.0294 e. The third-order valence-electron chi connectivity index (χ3n) is 3.50. The number of nitrogens with two attached hydrogens (primary N) is 1. The van der Waals surface area contributed by atoms with Gasteiger partial charge in [-0.1, -0.05) is 68.4 Å². The normalized spacial score (nSPS) is 12.6. The summed E-state index contributed by atoms with van der Waals surface area (Å²) in [6.45, 7) is 4.48. The molecule has 0 aliphatic carbocycles. The average Bonchev–Trinajstić information content (AvgIpc) is 2.46. The van der Waals surface area contributed by atoms with Crippen LogP contribution in [0.1, 0.15) is 38.3 Å². The summed E-state index contributed by atoms with van der Waals surface area (Å²) in [4.78, 5) is 0. The quantitative estimate of drug-likeness (QED) is 0.814. The van der Waals surface area contributed by atoms with Crippen LogP contribution in [0.2, 0.25) is 0 Å². The Morgan fingerprint density at radius 2 is 1.37 bits per heavy atom. The van der Waals surface area contributed by atoms with Crippen molar-refractivity contribution in [2.75, 3.05) is 0 Å². The van der Waals surface area contributed by atoms with E-state index in [1.54, 1.807) is 0 Å². The summed E-state index contributed by atoms with van der Waals surface area (Å²) in [7, 11) is 0. The van der Waals surface area contributed by atoms with E-state index in [1.807, 2.05) is 6.07 Å². The monoisotopic (exact) mass is 253 g/mol. The molecule has 0 fully saturated rings. The highest BCUT2D eigenvalue weighted by Gasteiger charge is 2.07. The van der Waals surface area contributed by atoms with Crippen LogP contribution in [0.4, 0.5) is 0 Å². The predicted octanol–water partition coefficient (Wildman–Crippen LogP) is 4.79. The molecule has 0 bridgehead atoms. The second-order valence-electron chi connectivity index (χ2n) is 5.57. The highest BCUT2D eigenvalue weighted by molar-refractivity contribution is 5.63. The van der Waals surface area contributed by atoms with Crippen LogP contribution in [-0.2, 0) is 0 Å². The van der Waals surface area contributed by atoms with E-state index in [4.69, 9.17) is 5.73 Å². The van der Waals surface area contributed by atoms with Gasteiger partial charge in [-0.3, -0.25) is 0 Å². The van der Waals surface area contributed by atoms with Crippen molar-refractivity contribution in [2.24, 2.45) is 11.7 Å². The van der Waals surface area contributed by atoms with Gasteiger partial charge in [0.05, 0.1) is 0 Å². The molecule has 0 aliphatic rings. The standard InChI is InChI=1S/C18H23N/c1-14(2)8-13-18(19)17-11-9-16(10-12-17)15-6-4-3-5-7-15/h3-7,9-12,14,18H,8,13,19H2,1-2H3/t18-/m0/s1. The summed E-state index contributed by atoms with van der Waals surface area (Å²) in [5.74, 6) is 0.717. The minimum absolute atomic E-state index is 0.159. The molecule has 0 spiro atoms. The Morgan fingerprint density at radius 3 is 1.95 bits per heavy atom. The topological polar surface area (TPSA) is 26.0 Å². The van der Waals surface area contributed by atoms with Gasteiger partial charge in [-0.2, -0.15) is 0 Å². The summed E-state index contributed by atoms with van der Waals surface area (Å²) < 4.78 is 0. The van der Waals surface area contributed by atoms with Gasteiger partial charge in [0, 0.05) is 6.04 Å². The van der Waals surface area contributed by atoms with Gasteiger partial charge in [0.1, 0.15) is 0 Å². The summed E-state index contributed by atoms with van der Waals surface area (Å²) in [5, 5.41) is 0. The first-order chi connectivity index (χ1) is 9.16. The molecule has 1 atom stereocenters. The molecule has 0 aliphatic heterocycles. The minimum atomic E-state index is 0.159. The summed E-state index contributed by atoms with van der Waals surface area (Å²) in [6.07, 6.45) is 2.24. The van der Waals surface area contributed by atoms with Gasteiger partial charge in [0.2, 0.25) is 0 Å². The lowest BCUT2D eigenvalue weighted by atomic mass is 9.96. The molecule has 0 radical (unpaired) electrons. The molecule has 1 heteroatoms. The number of rotatable bonds is 5. The van der Waals surface area contributed by atoms with Crippen LogP contribution in [0, 0.1) is 5.92 Å². The summed E-state index contributed by atoms with van der Waals surface area (Å²) >= 11 is 0. The highest BCUT2D eigenvalue weighted by atomic mass is 14.6. The van der Waals surface area contributed by atoms with Crippen LogP contribution in [0.3, 0.4) is 0 Å². The molecule has 0 saturated heterocycles. The second kappa shape index (κ2) is 6.53. The molecule has 100 valence electrons. The van der Waals surface area contributed by atoms with E-state index in [1.165, 1.54) is 23.1 Å². The number of benzene rings is 2. The van der Waals surface area contributed by atoms with E-state index < -0.39 is 0 Å². The Hall–Kier alpha value is -1.60. The number of hydrogen-bond acceptors (Lipinski definition) is 1. The fourth-order valence-electron chi connectivity index (χ4n) is 2.23. The van der Waals surface area contributed by atoms with Gasteiger partial charge < -0.3 is 5.73 Å². The molecule has 0 heterocycles. The minimum Gasteiger partial charge on any atom is -0.324 e. The lowest BCUT2D eigenvalue weighted by Crippen LogP contribution is -2.11. The Balaban J connectivity index is 2.06. The molecular weight excluding hydrogens is 230 g/mol. The first-order valence-electron chi connectivity index (χ1n) is 7.08. The first kappa shape index (κ1) is 13.8. The maximum Gasteiger partial charge on any atom is 0.0294 e. The fraction of sp³-hybridized carbons (Fsp3) is 0.333. The fourth-order valence-corrected chi connectivity index (χ4v) is 2.23. The lowest BCUT2D eigenvalue weighted by Gasteiger charge is -2.14. The predicted molar refractivity (Wildman–Crippen MR) is 82.9 cm³/mol. The van der Waals surface area contributed by atoms with Gasteiger partial charge >= 0.3 is 0 Å². The molecule has 2 N–H and O–H groups in total. The van der Waals surface area contributed by atoms with E-state index in [0.717, 1.165) is 12.3 Å². The highest BCUT2D eigenvalue weighted by Crippen LogP contribution is 2.23. The van der Waals surface area contributed by atoms with E-state index in [-0.39, 0.29) is 6.04 Å². The van der Waals surface area contributed by atoms with Crippen LogP contribution in [0.25, 0.3) is 11.1 Å². The van der Waals surface area contributed by atoms with E-state index in [0.29, 0.717) is 0 Å². The Kier molecular flexibility index (Phi) is 4.75. The van der Waals surface area contributed by atoms with Crippen molar-refractivity contribution in [2.45, 2.75) is 32.7 Å². The first-order valence-corrected chi connectivity index (χ1v) is 7.08. The largest absolute Gasteiger partial charge is 0.324 e. The van der Waals surface area contributed by atoms with Crippen LogP contribution >= 0.6 is 0 Å². The van der Waals surface area contributed by atoms with Gasteiger partial charge in [-0.05, 0) is 35.4 Å². The molecule has 0 saturated carbocycles. The molecule has 0 aromatic heterocycles. The zero-order chi connectivity index (χ0) is 13.7. The zero-order valence-electron chi connectivity index (χ0n) is 11.8. The van der Waals surface area contributed by atoms with Gasteiger partial charge in [-0.25, -0.2) is 0 Å². The third kappa shape index (κ3) is 3.93. The molecule has 2 rings (SSSR count). The van der Waals surface area contributed by atoms with Crippen molar-refractivity contribution < 1.29 is 0 Å². The van der Waals surface area contributed by atoms with Crippen molar-refractivity contribution in [1.29, 1.82) is 0 Å². The maximum absolute atomic E-state index is 6.23. The Morgan fingerprint density at radius 1 is 0.789 bits per heavy atom. The van der Waals surface area contributed by atoms with Crippen molar-refractivity contribution >= 4 is 0 Å². The molecule has 2 aromatic carbocycles. The lowest BCUT2D eigenvalue weighted by molar-refractivity contribution is 0.507. The third-order valence-corrected chi connectivity index (χ3v) is 3.50. The molecule has 2 aromatic rings. The Bertz CT molecular complexity index is 485. The van der Waals surface area contributed by atoms with Crippen LogP contribution in [0.15, 0.2) is 54.6 Å². The van der Waals surface area contributed by atoms with Crippen LogP contribution < -0.4 is 5.73 Å². The summed E-state index contributed by atoms with van der Waals surface area (Å²) in [5.41, 5.74) is 9.97.